The number of hydrogen-bond donors (Lipinski definition) is 2. The fraction of sp³-hybridized carbons (Fsp3) is 0.462. The Morgan fingerprint density at radius 1 is 1.50 bits per heavy atom. The number of hydrogen-bond acceptors (Lipinski definition) is 3. The van der Waals surface area contributed by atoms with Gasteiger partial charge in [-0.25, -0.2) is 0 Å². The molecule has 0 spiro atoms. The predicted molar refractivity (Wildman–Crippen MR) is 68.2 cm³/mol. The minimum Gasteiger partial charge on any atom is -0.397 e. The van der Waals surface area contributed by atoms with Gasteiger partial charge in [-0.3, -0.25) is 0 Å². The standard InChI is InChI=1S/C13H19N3/c1-3-4-5-10(2)16-13-8-11(9-14)6-7-12(13)15/h6-8,10,16H,3-5,15H2,1-2H3. The van der Waals surface area contributed by atoms with E-state index < -0.39 is 0 Å². The molecule has 1 aromatic carbocycles. The minimum absolute atomic E-state index is 0.385. The van der Waals surface area contributed by atoms with Crippen molar-refractivity contribution in [1.82, 2.24) is 0 Å². The highest BCUT2D eigenvalue weighted by molar-refractivity contribution is 5.68. The Morgan fingerprint density at radius 2 is 2.25 bits per heavy atom. The summed E-state index contributed by atoms with van der Waals surface area (Å²) in [5.41, 5.74) is 8.05. The molecule has 1 unspecified atom stereocenters. The minimum atomic E-state index is 0.385. The third-order valence-electron chi connectivity index (χ3n) is 2.57. The summed E-state index contributed by atoms with van der Waals surface area (Å²) in [6.07, 6.45) is 3.51. The molecule has 1 aromatic rings. The van der Waals surface area contributed by atoms with E-state index in [9.17, 15) is 0 Å². The van der Waals surface area contributed by atoms with Crippen LogP contribution in [0.25, 0.3) is 0 Å². The summed E-state index contributed by atoms with van der Waals surface area (Å²) in [6, 6.07) is 7.81. The molecule has 1 rings (SSSR count). The van der Waals surface area contributed by atoms with Crippen molar-refractivity contribution in [2.75, 3.05) is 11.1 Å². The van der Waals surface area contributed by atoms with E-state index in [0.717, 1.165) is 12.1 Å². The number of unbranched alkanes of at least 4 members (excludes halogenated alkanes) is 1. The first-order valence-corrected chi connectivity index (χ1v) is 5.73. The molecule has 0 saturated carbocycles. The van der Waals surface area contributed by atoms with Crippen LogP contribution in [0.5, 0.6) is 0 Å². The molecular weight excluding hydrogens is 198 g/mol. The van der Waals surface area contributed by atoms with Crippen LogP contribution in [0, 0.1) is 11.3 Å². The molecule has 0 aliphatic rings. The average molecular weight is 217 g/mol. The van der Waals surface area contributed by atoms with E-state index in [0.29, 0.717) is 17.3 Å². The maximum Gasteiger partial charge on any atom is 0.0992 e. The molecule has 0 saturated heterocycles. The highest BCUT2D eigenvalue weighted by Crippen LogP contribution is 2.21. The molecule has 16 heavy (non-hydrogen) atoms. The number of nitrogens with zero attached hydrogens (tertiary/aromatic N) is 1. The molecule has 3 heteroatoms. The highest BCUT2D eigenvalue weighted by Gasteiger charge is 2.05. The maximum absolute atomic E-state index is 8.81. The third-order valence-corrected chi connectivity index (χ3v) is 2.57. The summed E-state index contributed by atoms with van der Waals surface area (Å²) in [5, 5.41) is 12.2. The van der Waals surface area contributed by atoms with Crippen molar-refractivity contribution in [3.05, 3.63) is 23.8 Å². The lowest BCUT2D eigenvalue weighted by atomic mass is 10.1. The van der Waals surface area contributed by atoms with E-state index >= 15 is 0 Å². The van der Waals surface area contributed by atoms with Crippen LogP contribution >= 0.6 is 0 Å². The van der Waals surface area contributed by atoms with Gasteiger partial charge in [0.15, 0.2) is 0 Å². The van der Waals surface area contributed by atoms with Crippen molar-refractivity contribution in [3.8, 4) is 6.07 Å². The zero-order chi connectivity index (χ0) is 12.0. The van der Waals surface area contributed by atoms with E-state index in [2.05, 4.69) is 25.2 Å². The van der Waals surface area contributed by atoms with Gasteiger partial charge in [-0.05, 0) is 31.5 Å². The van der Waals surface area contributed by atoms with Crippen molar-refractivity contribution in [1.29, 1.82) is 5.26 Å². The molecule has 86 valence electrons. The Hall–Kier alpha value is -1.69. The van der Waals surface area contributed by atoms with Gasteiger partial charge in [-0.2, -0.15) is 5.26 Å². The lowest BCUT2D eigenvalue weighted by Gasteiger charge is -2.16. The van der Waals surface area contributed by atoms with Crippen molar-refractivity contribution in [2.45, 2.75) is 39.2 Å². The fourth-order valence-electron chi connectivity index (χ4n) is 1.60. The Balaban J connectivity index is 2.69. The van der Waals surface area contributed by atoms with Crippen molar-refractivity contribution < 1.29 is 0 Å². The summed E-state index contributed by atoms with van der Waals surface area (Å²) in [5.74, 6) is 0. The molecule has 0 fully saturated rings. The summed E-state index contributed by atoms with van der Waals surface area (Å²) in [4.78, 5) is 0. The van der Waals surface area contributed by atoms with Crippen LogP contribution in [0.2, 0.25) is 0 Å². The van der Waals surface area contributed by atoms with Gasteiger partial charge in [0.1, 0.15) is 0 Å². The zero-order valence-electron chi connectivity index (χ0n) is 9.96. The van der Waals surface area contributed by atoms with E-state index in [-0.39, 0.29) is 0 Å². The van der Waals surface area contributed by atoms with Crippen LogP contribution in [0.3, 0.4) is 0 Å². The molecule has 1 atom stereocenters. The van der Waals surface area contributed by atoms with Gasteiger partial charge in [-0.1, -0.05) is 19.8 Å². The first kappa shape index (κ1) is 12.4. The Kier molecular flexibility index (Phi) is 4.65. The number of nitrogens with one attached hydrogen (secondary N) is 1. The zero-order valence-corrected chi connectivity index (χ0v) is 9.96. The second-order valence-corrected chi connectivity index (χ2v) is 4.10. The van der Waals surface area contributed by atoms with Crippen LogP contribution in [-0.4, -0.2) is 6.04 Å². The summed E-state index contributed by atoms with van der Waals surface area (Å²) >= 11 is 0. The normalized spacial score (nSPS) is 11.8. The van der Waals surface area contributed by atoms with Crippen LogP contribution in [0.4, 0.5) is 11.4 Å². The molecule has 3 N–H and O–H groups in total. The molecular formula is C13H19N3. The van der Waals surface area contributed by atoms with Crippen molar-refractivity contribution in [3.63, 3.8) is 0 Å². The SMILES string of the molecule is CCCCC(C)Nc1cc(C#N)ccc1N. The summed E-state index contributed by atoms with van der Waals surface area (Å²) in [6.45, 7) is 4.31. The average Bonchev–Trinajstić information content (AvgIpc) is 2.29. The number of nitrogens with two attached hydrogens (primary N) is 1. The topological polar surface area (TPSA) is 61.8 Å². The fourth-order valence-corrected chi connectivity index (χ4v) is 1.60. The van der Waals surface area contributed by atoms with Crippen molar-refractivity contribution in [2.24, 2.45) is 0 Å². The van der Waals surface area contributed by atoms with Crippen LogP contribution in [0.15, 0.2) is 18.2 Å². The lowest BCUT2D eigenvalue weighted by Crippen LogP contribution is -2.15. The molecule has 0 heterocycles. The largest absolute Gasteiger partial charge is 0.397 e. The van der Waals surface area contributed by atoms with E-state index in [1.165, 1.54) is 12.8 Å². The van der Waals surface area contributed by atoms with E-state index in [1.807, 2.05) is 0 Å². The first-order valence-electron chi connectivity index (χ1n) is 5.73. The van der Waals surface area contributed by atoms with Crippen LogP contribution in [0.1, 0.15) is 38.7 Å². The highest BCUT2D eigenvalue weighted by atomic mass is 14.9. The van der Waals surface area contributed by atoms with E-state index in [1.54, 1.807) is 18.2 Å². The molecule has 0 aliphatic heterocycles. The number of benzene rings is 1. The molecule has 0 radical (unpaired) electrons. The number of nitrogen functional groups attached to an aromatic ring is 1. The predicted octanol–water partition coefficient (Wildman–Crippen LogP) is 3.13. The Morgan fingerprint density at radius 3 is 2.88 bits per heavy atom. The number of rotatable bonds is 5. The van der Waals surface area contributed by atoms with Gasteiger partial charge in [-0.15, -0.1) is 0 Å². The smallest absolute Gasteiger partial charge is 0.0992 e. The second-order valence-electron chi connectivity index (χ2n) is 4.10. The summed E-state index contributed by atoms with van der Waals surface area (Å²) in [7, 11) is 0. The van der Waals surface area contributed by atoms with Gasteiger partial charge in [0.2, 0.25) is 0 Å². The monoisotopic (exact) mass is 217 g/mol. The molecule has 0 bridgehead atoms. The van der Waals surface area contributed by atoms with Crippen LogP contribution < -0.4 is 11.1 Å². The van der Waals surface area contributed by atoms with Gasteiger partial charge < -0.3 is 11.1 Å². The first-order chi connectivity index (χ1) is 7.67. The lowest BCUT2D eigenvalue weighted by molar-refractivity contribution is 0.645. The number of anilines is 2. The molecule has 0 aromatic heterocycles. The Bertz CT molecular complexity index is 379. The third kappa shape index (κ3) is 3.47. The summed E-state index contributed by atoms with van der Waals surface area (Å²) < 4.78 is 0. The van der Waals surface area contributed by atoms with Gasteiger partial charge in [0, 0.05) is 6.04 Å². The number of nitriles is 1. The van der Waals surface area contributed by atoms with Gasteiger partial charge in [0.05, 0.1) is 23.0 Å². The van der Waals surface area contributed by atoms with E-state index in [4.69, 9.17) is 11.0 Å². The van der Waals surface area contributed by atoms with Gasteiger partial charge >= 0.3 is 0 Å². The molecule has 0 amide bonds. The molecule has 3 nitrogen and oxygen atoms in total. The second kappa shape index (κ2) is 6.02. The quantitative estimate of drug-likeness (QED) is 0.745. The maximum atomic E-state index is 8.81. The van der Waals surface area contributed by atoms with Crippen LogP contribution in [-0.2, 0) is 0 Å². The molecule has 0 aliphatic carbocycles. The van der Waals surface area contributed by atoms with Gasteiger partial charge in [0.25, 0.3) is 0 Å². The van der Waals surface area contributed by atoms with Crippen molar-refractivity contribution >= 4 is 11.4 Å². The Labute approximate surface area is 97.3 Å².